The van der Waals surface area contributed by atoms with E-state index in [9.17, 15) is 0 Å². The van der Waals surface area contributed by atoms with E-state index in [1.165, 1.54) is 0 Å². The quantitative estimate of drug-likeness (QED) is 0.583. The lowest BCUT2D eigenvalue weighted by Gasteiger charge is -2.11. The molecule has 0 spiro atoms. The zero-order valence-corrected chi connectivity index (χ0v) is 10.3. The van der Waals surface area contributed by atoms with Crippen LogP contribution in [0.25, 0.3) is 0 Å². The van der Waals surface area contributed by atoms with Crippen molar-refractivity contribution in [3.63, 3.8) is 0 Å². The topological polar surface area (TPSA) is 49.8 Å². The highest BCUT2D eigenvalue weighted by atomic mass is 127. The second-order valence-corrected chi connectivity index (χ2v) is 6.18. The van der Waals surface area contributed by atoms with Gasteiger partial charge >= 0.3 is 0 Å². The van der Waals surface area contributed by atoms with E-state index < -0.39 is 0 Å². The first-order chi connectivity index (χ1) is 5.46. The van der Waals surface area contributed by atoms with E-state index >= 15 is 0 Å². The van der Waals surface area contributed by atoms with Crippen molar-refractivity contribution in [2.45, 2.75) is 17.3 Å². The monoisotopic (exact) mass is 340 g/mol. The number of nitriles is 1. The number of halogens is 2. The first-order valence-electron chi connectivity index (χ1n) is 3.21. The average molecular weight is 341 g/mol. The number of alkyl halides is 1. The van der Waals surface area contributed by atoms with Crippen LogP contribution in [0.3, 0.4) is 0 Å². The Kier molecular flexibility index (Phi) is 2.78. The van der Waals surface area contributed by atoms with Gasteiger partial charge in [0.25, 0.3) is 0 Å². The van der Waals surface area contributed by atoms with Crippen LogP contribution in [0.2, 0.25) is 0 Å². The first kappa shape index (κ1) is 9.99. The summed E-state index contributed by atoms with van der Waals surface area (Å²) in [4.78, 5) is 0. The molecule has 5 heteroatoms. The van der Waals surface area contributed by atoms with Gasteiger partial charge in [-0.25, -0.2) is 0 Å². The molecule has 0 unspecified atom stereocenters. The van der Waals surface area contributed by atoms with Crippen molar-refractivity contribution in [3.8, 4) is 6.07 Å². The molecular weight excluding hydrogens is 335 g/mol. The fourth-order valence-electron chi connectivity index (χ4n) is 0.773. The summed E-state index contributed by atoms with van der Waals surface area (Å²) in [6.45, 7) is 3.94. The summed E-state index contributed by atoms with van der Waals surface area (Å²) in [7, 11) is 0. The summed E-state index contributed by atoms with van der Waals surface area (Å²) in [5.41, 5.74) is 1.16. The highest BCUT2D eigenvalue weighted by molar-refractivity contribution is 14.1. The van der Waals surface area contributed by atoms with Crippen molar-refractivity contribution in [2.75, 3.05) is 0 Å². The Labute approximate surface area is 92.4 Å². The number of aromatic nitrogens is 1. The predicted octanol–water partition coefficient (Wildman–Crippen LogP) is 2.98. The normalized spacial score (nSPS) is 11.2. The molecule has 3 nitrogen and oxygen atoms in total. The molecular formula is C7H6BrIN2O. The van der Waals surface area contributed by atoms with Gasteiger partial charge in [0.2, 0.25) is 4.67 Å². The van der Waals surface area contributed by atoms with Crippen LogP contribution < -0.4 is 0 Å². The highest BCUT2D eigenvalue weighted by Crippen LogP contribution is 2.34. The van der Waals surface area contributed by atoms with Crippen LogP contribution in [0, 0.1) is 11.3 Å². The van der Waals surface area contributed by atoms with Crippen molar-refractivity contribution in [1.29, 1.82) is 5.26 Å². The lowest BCUT2D eigenvalue weighted by molar-refractivity contribution is 0.389. The van der Waals surface area contributed by atoms with Crippen LogP contribution in [0.4, 0.5) is 0 Å². The van der Waals surface area contributed by atoms with Crippen molar-refractivity contribution in [1.82, 2.24) is 5.16 Å². The van der Waals surface area contributed by atoms with Gasteiger partial charge in [-0.05, 0) is 29.8 Å². The average Bonchev–Trinajstić information content (AvgIpc) is 2.29. The molecule has 0 fully saturated rings. The Morgan fingerprint density at radius 2 is 2.25 bits per heavy atom. The van der Waals surface area contributed by atoms with Crippen molar-refractivity contribution < 1.29 is 4.52 Å². The smallest absolute Gasteiger partial charge is 0.219 e. The Morgan fingerprint density at radius 1 is 1.67 bits per heavy atom. The SMILES string of the molecule is CC(C)(I)c1noc(Br)c1C#N. The minimum Gasteiger partial charge on any atom is -0.348 e. The molecule has 0 aliphatic heterocycles. The van der Waals surface area contributed by atoms with E-state index in [2.05, 4.69) is 43.7 Å². The zero-order valence-electron chi connectivity index (χ0n) is 6.56. The molecule has 0 saturated heterocycles. The van der Waals surface area contributed by atoms with E-state index in [-0.39, 0.29) is 3.42 Å². The van der Waals surface area contributed by atoms with Gasteiger partial charge in [-0.15, -0.1) is 0 Å². The molecule has 0 aliphatic rings. The Hall–Kier alpha value is -0.0900. The van der Waals surface area contributed by atoms with E-state index in [1.807, 2.05) is 19.9 Å². The summed E-state index contributed by atoms with van der Waals surface area (Å²) in [6.07, 6.45) is 0. The molecule has 64 valence electrons. The van der Waals surface area contributed by atoms with Gasteiger partial charge in [0.15, 0.2) is 0 Å². The maximum Gasteiger partial charge on any atom is 0.219 e. The van der Waals surface area contributed by atoms with Crippen LogP contribution in [0.15, 0.2) is 9.19 Å². The summed E-state index contributed by atoms with van der Waals surface area (Å²) >= 11 is 5.33. The lowest BCUT2D eigenvalue weighted by atomic mass is 10.1. The molecule has 0 N–H and O–H groups in total. The van der Waals surface area contributed by atoms with Gasteiger partial charge in [0.1, 0.15) is 17.3 Å². The highest BCUT2D eigenvalue weighted by Gasteiger charge is 2.26. The number of rotatable bonds is 1. The van der Waals surface area contributed by atoms with Crippen LogP contribution >= 0.6 is 38.5 Å². The number of hydrogen-bond donors (Lipinski definition) is 0. The molecule has 0 bridgehead atoms. The van der Waals surface area contributed by atoms with Gasteiger partial charge in [-0.3, -0.25) is 0 Å². The summed E-state index contributed by atoms with van der Waals surface area (Å²) < 4.78 is 5.08. The van der Waals surface area contributed by atoms with Gasteiger partial charge in [-0.1, -0.05) is 27.7 Å². The molecule has 0 aliphatic carbocycles. The fraction of sp³-hybridized carbons (Fsp3) is 0.429. The third kappa shape index (κ3) is 1.80. The van der Waals surface area contributed by atoms with Gasteiger partial charge in [0.05, 0.1) is 3.42 Å². The fourth-order valence-corrected chi connectivity index (χ4v) is 1.49. The predicted molar refractivity (Wildman–Crippen MR) is 56.0 cm³/mol. The number of nitrogens with zero attached hydrogens (tertiary/aromatic N) is 2. The largest absolute Gasteiger partial charge is 0.348 e. The molecule has 1 aromatic rings. The Balaban J connectivity index is 3.28. The summed E-state index contributed by atoms with van der Waals surface area (Å²) in [5.74, 6) is 0. The summed E-state index contributed by atoms with van der Waals surface area (Å²) in [5, 5.41) is 12.6. The van der Waals surface area contributed by atoms with Crippen molar-refractivity contribution in [3.05, 3.63) is 15.9 Å². The van der Waals surface area contributed by atoms with Crippen LogP contribution in [-0.2, 0) is 3.42 Å². The lowest BCUT2D eigenvalue weighted by Crippen LogP contribution is -2.08. The molecule has 12 heavy (non-hydrogen) atoms. The Bertz CT molecular complexity index is 334. The second-order valence-electron chi connectivity index (χ2n) is 2.76. The maximum atomic E-state index is 8.77. The van der Waals surface area contributed by atoms with E-state index in [0.29, 0.717) is 15.9 Å². The molecule has 0 saturated carbocycles. The maximum absolute atomic E-state index is 8.77. The third-order valence-corrected chi connectivity index (χ3v) is 2.38. The van der Waals surface area contributed by atoms with Gasteiger partial charge < -0.3 is 4.52 Å². The van der Waals surface area contributed by atoms with E-state index in [4.69, 9.17) is 9.78 Å². The molecule has 1 aromatic heterocycles. The Morgan fingerprint density at radius 3 is 2.58 bits per heavy atom. The standard InChI is InChI=1S/C7H6BrIN2O/c1-7(2,9)5-4(3-10)6(8)12-11-5/h1-2H3. The van der Waals surface area contributed by atoms with Crippen molar-refractivity contribution in [2.24, 2.45) is 0 Å². The van der Waals surface area contributed by atoms with E-state index in [0.717, 1.165) is 0 Å². The molecule has 0 amide bonds. The molecule has 0 aromatic carbocycles. The van der Waals surface area contributed by atoms with Crippen LogP contribution in [0.1, 0.15) is 25.1 Å². The first-order valence-corrected chi connectivity index (χ1v) is 5.08. The molecule has 0 radical (unpaired) electrons. The number of hydrogen-bond acceptors (Lipinski definition) is 3. The van der Waals surface area contributed by atoms with E-state index in [1.54, 1.807) is 0 Å². The van der Waals surface area contributed by atoms with Gasteiger partial charge in [0, 0.05) is 0 Å². The van der Waals surface area contributed by atoms with Crippen molar-refractivity contribution >= 4 is 38.5 Å². The molecule has 0 atom stereocenters. The van der Waals surface area contributed by atoms with Crippen LogP contribution in [-0.4, -0.2) is 5.16 Å². The molecule has 1 rings (SSSR count). The van der Waals surface area contributed by atoms with Crippen LogP contribution in [0.5, 0.6) is 0 Å². The minimum absolute atomic E-state index is 0.182. The zero-order chi connectivity index (χ0) is 9.35. The molecule has 1 heterocycles. The third-order valence-electron chi connectivity index (χ3n) is 1.33. The minimum atomic E-state index is -0.182. The summed E-state index contributed by atoms with van der Waals surface area (Å²) in [6, 6.07) is 2.04. The van der Waals surface area contributed by atoms with Gasteiger partial charge in [-0.2, -0.15) is 5.26 Å². The second kappa shape index (κ2) is 3.34.